The van der Waals surface area contributed by atoms with Crippen LogP contribution in [0.2, 0.25) is 0 Å². The number of nitrogens with one attached hydrogen (secondary N) is 1. The molecule has 1 saturated heterocycles. The monoisotopic (exact) mass is 234 g/mol. The van der Waals surface area contributed by atoms with Gasteiger partial charge in [-0.15, -0.1) is 0 Å². The van der Waals surface area contributed by atoms with Gasteiger partial charge in [-0.3, -0.25) is 4.79 Å². The summed E-state index contributed by atoms with van der Waals surface area (Å²) in [4.78, 5) is 13.7. The summed E-state index contributed by atoms with van der Waals surface area (Å²) in [5.41, 5.74) is 0.943. The summed E-state index contributed by atoms with van der Waals surface area (Å²) >= 11 is 0. The molecule has 1 aliphatic rings. The van der Waals surface area contributed by atoms with Crippen molar-refractivity contribution in [2.45, 2.75) is 25.4 Å². The largest absolute Gasteiger partial charge is 0.508 e. The number of benzene rings is 1. The zero-order valence-electron chi connectivity index (χ0n) is 10.0. The van der Waals surface area contributed by atoms with Crippen LogP contribution in [0.4, 0.5) is 0 Å². The summed E-state index contributed by atoms with van der Waals surface area (Å²) in [7, 11) is 1.80. The number of nitrogens with zero attached hydrogens (tertiary/aromatic N) is 1. The summed E-state index contributed by atoms with van der Waals surface area (Å²) in [6.45, 7) is 1.46. The number of hydrogen-bond acceptors (Lipinski definition) is 3. The molecule has 1 amide bonds. The van der Waals surface area contributed by atoms with Gasteiger partial charge in [0.05, 0.1) is 6.04 Å². The molecule has 1 atom stereocenters. The number of phenolic OH excluding ortho intramolecular Hbond substituents is 1. The lowest BCUT2D eigenvalue weighted by molar-refractivity contribution is -0.132. The number of aromatic hydroxyl groups is 1. The molecule has 1 fully saturated rings. The van der Waals surface area contributed by atoms with Gasteiger partial charge in [-0.25, -0.2) is 0 Å². The van der Waals surface area contributed by atoms with Crippen molar-refractivity contribution in [2.24, 2.45) is 0 Å². The molecule has 1 aliphatic heterocycles. The lowest BCUT2D eigenvalue weighted by Gasteiger charge is -2.21. The Hall–Kier alpha value is -1.55. The van der Waals surface area contributed by atoms with E-state index >= 15 is 0 Å². The lowest BCUT2D eigenvalue weighted by atomic mass is 10.1. The van der Waals surface area contributed by atoms with Gasteiger partial charge < -0.3 is 15.3 Å². The van der Waals surface area contributed by atoms with Crippen LogP contribution in [0.25, 0.3) is 0 Å². The van der Waals surface area contributed by atoms with Crippen LogP contribution in [0.1, 0.15) is 18.4 Å². The van der Waals surface area contributed by atoms with Crippen LogP contribution < -0.4 is 5.32 Å². The van der Waals surface area contributed by atoms with E-state index in [9.17, 15) is 9.90 Å². The zero-order valence-corrected chi connectivity index (χ0v) is 10.0. The summed E-state index contributed by atoms with van der Waals surface area (Å²) in [6.07, 6.45) is 1.99. The van der Waals surface area contributed by atoms with Gasteiger partial charge in [-0.2, -0.15) is 0 Å². The van der Waals surface area contributed by atoms with E-state index in [0.717, 1.165) is 24.9 Å². The molecule has 0 saturated carbocycles. The number of carbonyl (C=O) groups excluding carboxylic acids is 1. The fourth-order valence-corrected chi connectivity index (χ4v) is 2.17. The first kappa shape index (κ1) is 11.9. The summed E-state index contributed by atoms with van der Waals surface area (Å²) in [6, 6.07) is 6.98. The molecule has 0 radical (unpaired) electrons. The van der Waals surface area contributed by atoms with Crippen LogP contribution >= 0.6 is 0 Å². The van der Waals surface area contributed by atoms with Crippen LogP contribution in [0, 0.1) is 0 Å². The van der Waals surface area contributed by atoms with Gasteiger partial charge in [0, 0.05) is 13.6 Å². The van der Waals surface area contributed by atoms with Crippen molar-refractivity contribution in [3.8, 4) is 5.75 Å². The topological polar surface area (TPSA) is 52.6 Å². The quantitative estimate of drug-likeness (QED) is 0.823. The highest BCUT2D eigenvalue weighted by Gasteiger charge is 2.24. The molecule has 0 aromatic heterocycles. The van der Waals surface area contributed by atoms with Gasteiger partial charge >= 0.3 is 0 Å². The average Bonchev–Trinajstić information content (AvgIpc) is 2.81. The van der Waals surface area contributed by atoms with Crippen molar-refractivity contribution in [3.63, 3.8) is 0 Å². The molecule has 1 aromatic rings. The Morgan fingerprint density at radius 1 is 1.59 bits per heavy atom. The van der Waals surface area contributed by atoms with Gasteiger partial charge in [0.1, 0.15) is 5.75 Å². The molecule has 0 bridgehead atoms. The zero-order chi connectivity index (χ0) is 12.3. The first-order valence-electron chi connectivity index (χ1n) is 5.93. The molecule has 1 unspecified atom stereocenters. The molecule has 0 spiro atoms. The standard InChI is InChI=1S/C13H18N2O2/c1-15(13(17)12-6-3-7-14-12)9-10-4-2-5-11(16)8-10/h2,4-5,8,12,14,16H,3,6-7,9H2,1H3. The highest BCUT2D eigenvalue weighted by Crippen LogP contribution is 2.14. The Morgan fingerprint density at radius 3 is 3.06 bits per heavy atom. The van der Waals surface area contributed by atoms with Crippen LogP contribution in [0.15, 0.2) is 24.3 Å². The molecule has 2 N–H and O–H groups in total. The van der Waals surface area contributed by atoms with Gasteiger partial charge in [0.15, 0.2) is 0 Å². The van der Waals surface area contributed by atoms with Crippen molar-refractivity contribution in [3.05, 3.63) is 29.8 Å². The minimum Gasteiger partial charge on any atom is -0.508 e. The predicted octanol–water partition coefficient (Wildman–Crippen LogP) is 1.10. The van der Waals surface area contributed by atoms with E-state index in [4.69, 9.17) is 0 Å². The van der Waals surface area contributed by atoms with Crippen molar-refractivity contribution < 1.29 is 9.90 Å². The third kappa shape index (κ3) is 2.97. The lowest BCUT2D eigenvalue weighted by Crippen LogP contribution is -2.41. The highest BCUT2D eigenvalue weighted by molar-refractivity contribution is 5.81. The second-order valence-corrected chi connectivity index (χ2v) is 4.51. The molecule has 4 nitrogen and oxygen atoms in total. The van der Waals surface area contributed by atoms with E-state index in [1.54, 1.807) is 30.1 Å². The Morgan fingerprint density at radius 2 is 2.41 bits per heavy atom. The van der Waals surface area contributed by atoms with E-state index in [1.807, 2.05) is 6.07 Å². The van der Waals surface area contributed by atoms with E-state index in [0.29, 0.717) is 6.54 Å². The van der Waals surface area contributed by atoms with Gasteiger partial charge in [-0.05, 0) is 37.1 Å². The molecule has 0 aliphatic carbocycles. The minimum absolute atomic E-state index is 0.0303. The number of carbonyl (C=O) groups is 1. The molecule has 1 heterocycles. The van der Waals surface area contributed by atoms with Crippen LogP contribution in [0.5, 0.6) is 5.75 Å². The normalized spacial score (nSPS) is 19.2. The third-order valence-corrected chi connectivity index (χ3v) is 3.06. The fourth-order valence-electron chi connectivity index (χ4n) is 2.17. The molecule has 17 heavy (non-hydrogen) atoms. The number of phenols is 1. The van der Waals surface area contributed by atoms with Crippen LogP contribution in [-0.2, 0) is 11.3 Å². The van der Waals surface area contributed by atoms with Crippen molar-refractivity contribution >= 4 is 5.91 Å². The Labute approximate surface area is 101 Å². The summed E-state index contributed by atoms with van der Waals surface area (Å²) in [5, 5.41) is 12.6. The first-order chi connectivity index (χ1) is 8.16. The molecule has 92 valence electrons. The van der Waals surface area contributed by atoms with Crippen molar-refractivity contribution in [2.75, 3.05) is 13.6 Å². The van der Waals surface area contributed by atoms with Crippen molar-refractivity contribution in [1.82, 2.24) is 10.2 Å². The van der Waals surface area contributed by atoms with E-state index in [-0.39, 0.29) is 17.7 Å². The van der Waals surface area contributed by atoms with E-state index in [2.05, 4.69) is 5.32 Å². The number of rotatable bonds is 3. The molecular weight excluding hydrogens is 216 g/mol. The Kier molecular flexibility index (Phi) is 3.64. The highest BCUT2D eigenvalue weighted by atomic mass is 16.3. The molecule has 1 aromatic carbocycles. The predicted molar refractivity (Wildman–Crippen MR) is 65.6 cm³/mol. The number of amides is 1. The average molecular weight is 234 g/mol. The second kappa shape index (κ2) is 5.19. The second-order valence-electron chi connectivity index (χ2n) is 4.51. The smallest absolute Gasteiger partial charge is 0.239 e. The fraction of sp³-hybridized carbons (Fsp3) is 0.462. The van der Waals surface area contributed by atoms with E-state index < -0.39 is 0 Å². The first-order valence-corrected chi connectivity index (χ1v) is 5.93. The van der Waals surface area contributed by atoms with Crippen LogP contribution in [-0.4, -0.2) is 35.5 Å². The van der Waals surface area contributed by atoms with Crippen LogP contribution in [0.3, 0.4) is 0 Å². The maximum absolute atomic E-state index is 12.0. The Balaban J connectivity index is 1.96. The molecule has 4 heteroatoms. The van der Waals surface area contributed by atoms with Gasteiger partial charge in [0.25, 0.3) is 0 Å². The van der Waals surface area contributed by atoms with Gasteiger partial charge in [-0.1, -0.05) is 12.1 Å². The third-order valence-electron chi connectivity index (χ3n) is 3.06. The Bertz CT molecular complexity index is 400. The number of likely N-dealkylation sites (N-methyl/N-ethyl adjacent to an activating group) is 1. The summed E-state index contributed by atoms with van der Waals surface area (Å²) < 4.78 is 0. The minimum atomic E-state index is -0.0303. The number of hydrogen-bond donors (Lipinski definition) is 2. The van der Waals surface area contributed by atoms with E-state index in [1.165, 1.54) is 0 Å². The molecular formula is C13H18N2O2. The summed E-state index contributed by atoms with van der Waals surface area (Å²) in [5.74, 6) is 0.369. The molecule has 2 rings (SSSR count). The SMILES string of the molecule is CN(Cc1cccc(O)c1)C(=O)C1CCCN1. The van der Waals surface area contributed by atoms with Gasteiger partial charge in [0.2, 0.25) is 5.91 Å². The maximum atomic E-state index is 12.0. The maximum Gasteiger partial charge on any atom is 0.239 e. The van der Waals surface area contributed by atoms with Crippen molar-refractivity contribution in [1.29, 1.82) is 0 Å².